The van der Waals surface area contributed by atoms with Crippen LogP contribution in [0.2, 0.25) is 0 Å². The van der Waals surface area contributed by atoms with Crippen molar-refractivity contribution in [2.45, 2.75) is 64.2 Å². The van der Waals surface area contributed by atoms with Crippen LogP contribution < -0.4 is 0 Å². The number of nitrogens with one attached hydrogen (secondary N) is 1. The Bertz CT molecular complexity index is 1420. The quantitative estimate of drug-likeness (QED) is 0.192. The summed E-state index contributed by atoms with van der Waals surface area (Å²) in [7, 11) is 3.40. The maximum Gasteiger partial charge on any atom is 0.303 e. The molecule has 38 heavy (non-hydrogen) atoms. The summed E-state index contributed by atoms with van der Waals surface area (Å²) < 4.78 is 27.7. The van der Waals surface area contributed by atoms with Crippen molar-refractivity contribution in [2.75, 3.05) is 27.4 Å². The fourth-order valence-corrected chi connectivity index (χ4v) is 5.70. The number of benzene rings is 2. The van der Waals surface area contributed by atoms with Crippen molar-refractivity contribution in [1.82, 2.24) is 14.8 Å². The van der Waals surface area contributed by atoms with Gasteiger partial charge in [0.2, 0.25) is 0 Å². The number of H-pyrrole nitrogens is 1. The number of carboxylic acid groups (broad SMARTS) is 1. The number of nitrogens with zero attached hydrogens (tertiary/aromatic N) is 2. The molecule has 0 aliphatic carbocycles. The number of carboxylic acids is 1. The summed E-state index contributed by atoms with van der Waals surface area (Å²) in [5, 5.41) is 18.8. The molecule has 0 radical (unpaired) electrons. The monoisotopic (exact) mass is 523 g/mol. The predicted molar refractivity (Wildman–Crippen MR) is 148 cm³/mol. The molecule has 0 aliphatic heterocycles. The molecule has 8 heteroatoms. The number of halogens is 1. The molecular weight excluding hydrogens is 485 g/mol. The van der Waals surface area contributed by atoms with Gasteiger partial charge in [-0.2, -0.15) is 5.10 Å². The van der Waals surface area contributed by atoms with E-state index in [2.05, 4.69) is 40.7 Å². The summed E-state index contributed by atoms with van der Waals surface area (Å²) in [6, 6.07) is 9.50. The van der Waals surface area contributed by atoms with Crippen molar-refractivity contribution < 1.29 is 23.8 Å². The van der Waals surface area contributed by atoms with Crippen LogP contribution >= 0.6 is 0 Å². The van der Waals surface area contributed by atoms with Crippen LogP contribution in [0.1, 0.15) is 68.7 Å². The van der Waals surface area contributed by atoms with Gasteiger partial charge < -0.3 is 19.1 Å². The standard InChI is InChI=1S/C30H38FN3O4/c1-19-14-22(11-12-24(19)31)34-26-15-21-17-32-33-25(21)16-23(26)28(29(34)30(2,3)18-38-5)20(9-7-13-37-4)8-6-10-27(35)36/h11-12,14-17,20H,6-10,13,18H2,1-5H3,(H,32,33)(H,35,36). The third-order valence-electron chi connectivity index (χ3n) is 7.36. The Morgan fingerprint density at radius 3 is 2.61 bits per heavy atom. The molecule has 4 aromatic rings. The lowest BCUT2D eigenvalue weighted by Crippen LogP contribution is -2.29. The number of methoxy groups -OCH3 is 2. The number of aromatic amines is 1. The zero-order valence-corrected chi connectivity index (χ0v) is 22.9. The van der Waals surface area contributed by atoms with E-state index < -0.39 is 11.4 Å². The molecule has 204 valence electrons. The molecule has 0 bridgehead atoms. The number of fused-ring (bicyclic) bond motifs is 2. The lowest BCUT2D eigenvalue weighted by atomic mass is 9.79. The summed E-state index contributed by atoms with van der Waals surface area (Å²) in [6.45, 7) is 7.22. The van der Waals surface area contributed by atoms with Gasteiger partial charge in [-0.3, -0.25) is 9.89 Å². The SMILES string of the molecule is COCCCC(CCCC(=O)O)c1c(C(C)(C)COC)n(-c2ccc(F)c(C)c2)c2cc3cn[nH]c3cc12. The van der Waals surface area contributed by atoms with Crippen LogP contribution in [0, 0.1) is 12.7 Å². The van der Waals surface area contributed by atoms with E-state index in [0.717, 1.165) is 52.4 Å². The van der Waals surface area contributed by atoms with E-state index in [-0.39, 0.29) is 18.2 Å². The van der Waals surface area contributed by atoms with Gasteiger partial charge >= 0.3 is 5.97 Å². The largest absolute Gasteiger partial charge is 0.481 e. The highest BCUT2D eigenvalue weighted by Crippen LogP contribution is 2.45. The van der Waals surface area contributed by atoms with Gasteiger partial charge in [0.25, 0.3) is 0 Å². The minimum atomic E-state index is -0.788. The van der Waals surface area contributed by atoms with Crippen molar-refractivity contribution >= 4 is 27.8 Å². The fraction of sp³-hybridized carbons (Fsp3) is 0.467. The molecule has 1 unspecified atom stereocenters. The molecule has 0 saturated heterocycles. The Hall–Kier alpha value is -3.23. The van der Waals surface area contributed by atoms with Crippen LogP contribution in [0.3, 0.4) is 0 Å². The van der Waals surface area contributed by atoms with Gasteiger partial charge in [-0.15, -0.1) is 0 Å². The second-order valence-electron chi connectivity index (χ2n) is 10.8. The van der Waals surface area contributed by atoms with Crippen molar-refractivity contribution in [2.24, 2.45) is 0 Å². The number of hydrogen-bond donors (Lipinski definition) is 2. The third kappa shape index (κ3) is 5.61. The second kappa shape index (κ2) is 11.7. The lowest BCUT2D eigenvalue weighted by Gasteiger charge is -2.30. The molecule has 4 rings (SSSR count). The minimum absolute atomic E-state index is 0.0984. The molecule has 0 saturated carbocycles. The van der Waals surface area contributed by atoms with E-state index in [1.807, 2.05) is 18.3 Å². The highest BCUT2D eigenvalue weighted by Gasteiger charge is 2.34. The van der Waals surface area contributed by atoms with Crippen molar-refractivity contribution in [3.8, 4) is 5.69 Å². The van der Waals surface area contributed by atoms with Gasteiger partial charge in [0.15, 0.2) is 0 Å². The number of hydrogen-bond acceptors (Lipinski definition) is 4. The van der Waals surface area contributed by atoms with Crippen LogP contribution in [0.5, 0.6) is 0 Å². The maximum atomic E-state index is 14.4. The van der Waals surface area contributed by atoms with E-state index in [4.69, 9.17) is 9.47 Å². The van der Waals surface area contributed by atoms with E-state index in [0.29, 0.717) is 25.2 Å². The Morgan fingerprint density at radius 1 is 1.16 bits per heavy atom. The van der Waals surface area contributed by atoms with Crippen LogP contribution in [-0.2, 0) is 19.7 Å². The van der Waals surface area contributed by atoms with Gasteiger partial charge in [-0.05, 0) is 80.0 Å². The van der Waals surface area contributed by atoms with E-state index >= 15 is 0 Å². The van der Waals surface area contributed by atoms with Crippen molar-refractivity contribution in [1.29, 1.82) is 0 Å². The highest BCUT2D eigenvalue weighted by atomic mass is 19.1. The second-order valence-corrected chi connectivity index (χ2v) is 10.8. The number of ether oxygens (including phenoxy) is 2. The predicted octanol–water partition coefficient (Wildman–Crippen LogP) is 6.64. The maximum absolute atomic E-state index is 14.4. The molecule has 2 aromatic heterocycles. The number of aryl methyl sites for hydroxylation is 1. The summed E-state index contributed by atoms with van der Waals surface area (Å²) in [5.74, 6) is -0.934. The van der Waals surface area contributed by atoms with Gasteiger partial charge in [0.05, 0.1) is 23.8 Å². The van der Waals surface area contributed by atoms with Gasteiger partial charge in [-0.25, -0.2) is 4.39 Å². The smallest absolute Gasteiger partial charge is 0.303 e. The molecular formula is C30H38FN3O4. The van der Waals surface area contributed by atoms with Crippen LogP contribution in [-0.4, -0.2) is 53.3 Å². The van der Waals surface area contributed by atoms with Crippen LogP contribution in [0.25, 0.3) is 27.5 Å². The van der Waals surface area contributed by atoms with E-state index in [9.17, 15) is 14.3 Å². The molecule has 2 heterocycles. The first-order chi connectivity index (χ1) is 18.2. The Morgan fingerprint density at radius 2 is 1.92 bits per heavy atom. The topological polar surface area (TPSA) is 89.4 Å². The summed E-state index contributed by atoms with van der Waals surface area (Å²) in [5.41, 5.74) is 5.27. The summed E-state index contributed by atoms with van der Waals surface area (Å²) in [4.78, 5) is 11.4. The Labute approximate surface area is 222 Å². The summed E-state index contributed by atoms with van der Waals surface area (Å²) in [6.07, 6.45) is 4.95. The average molecular weight is 524 g/mol. The van der Waals surface area contributed by atoms with Gasteiger partial charge in [-0.1, -0.05) is 13.8 Å². The highest BCUT2D eigenvalue weighted by molar-refractivity contribution is 5.99. The molecule has 1 atom stereocenters. The van der Waals surface area contributed by atoms with Gasteiger partial charge in [0, 0.05) is 54.8 Å². The summed E-state index contributed by atoms with van der Waals surface area (Å²) >= 11 is 0. The first-order valence-electron chi connectivity index (χ1n) is 13.2. The zero-order valence-electron chi connectivity index (χ0n) is 22.9. The molecule has 0 aliphatic rings. The molecule has 2 N–H and O–H groups in total. The zero-order chi connectivity index (χ0) is 27.4. The first-order valence-corrected chi connectivity index (χ1v) is 13.2. The minimum Gasteiger partial charge on any atom is -0.481 e. The van der Waals surface area contributed by atoms with Crippen LogP contribution in [0.15, 0.2) is 36.5 Å². The molecule has 0 spiro atoms. The average Bonchev–Trinajstić information content (AvgIpc) is 3.45. The molecule has 0 amide bonds. The Kier molecular flexibility index (Phi) is 8.53. The molecule has 7 nitrogen and oxygen atoms in total. The van der Waals surface area contributed by atoms with Crippen molar-refractivity contribution in [3.63, 3.8) is 0 Å². The van der Waals surface area contributed by atoms with Crippen molar-refractivity contribution in [3.05, 3.63) is 59.2 Å². The van der Waals surface area contributed by atoms with E-state index in [1.54, 1.807) is 21.1 Å². The fourth-order valence-electron chi connectivity index (χ4n) is 5.70. The molecule has 2 aromatic carbocycles. The number of rotatable bonds is 13. The molecule has 0 fully saturated rings. The normalized spacial score (nSPS) is 13.0. The number of aromatic nitrogens is 3. The Balaban J connectivity index is 2.06. The lowest BCUT2D eigenvalue weighted by molar-refractivity contribution is -0.137. The van der Waals surface area contributed by atoms with E-state index in [1.165, 1.54) is 11.6 Å². The number of carbonyl (C=O) groups is 1. The first kappa shape index (κ1) is 27.8. The van der Waals surface area contributed by atoms with Gasteiger partial charge in [0.1, 0.15) is 5.82 Å². The van der Waals surface area contributed by atoms with Crippen LogP contribution in [0.4, 0.5) is 4.39 Å². The third-order valence-corrected chi connectivity index (χ3v) is 7.36. The number of aliphatic carboxylic acids is 1.